The fourth-order valence-electron chi connectivity index (χ4n) is 2.87. The van der Waals surface area contributed by atoms with Crippen LogP contribution in [0.1, 0.15) is 13.3 Å². The number of halogens is 1. The van der Waals surface area contributed by atoms with Crippen molar-refractivity contribution in [2.45, 2.75) is 17.4 Å². The second kappa shape index (κ2) is 3.98. The fraction of sp³-hybridized carbons (Fsp3) is 0.750. The van der Waals surface area contributed by atoms with Crippen molar-refractivity contribution in [3.8, 4) is 0 Å². The first-order chi connectivity index (χ1) is 7.69. The number of hydrogen-bond donors (Lipinski definition) is 1. The molecule has 0 aromatic carbocycles. The summed E-state index contributed by atoms with van der Waals surface area (Å²) in [6.45, 7) is 7.10. The zero-order chi connectivity index (χ0) is 11.2. The van der Waals surface area contributed by atoms with Gasteiger partial charge in [-0.1, -0.05) is 35.6 Å². The summed E-state index contributed by atoms with van der Waals surface area (Å²) in [7, 11) is 0. The number of allylic oxidation sites excluding steroid dienone is 1. The molecule has 3 aliphatic heterocycles. The summed E-state index contributed by atoms with van der Waals surface area (Å²) >= 11 is 2.41. The number of nitrogens with one attached hydrogen (secondary N) is 1. The van der Waals surface area contributed by atoms with E-state index in [1.165, 1.54) is 38.3 Å². The summed E-state index contributed by atoms with van der Waals surface area (Å²) in [6.07, 6.45) is 5.78. The van der Waals surface area contributed by atoms with Gasteiger partial charge in [0.2, 0.25) is 0 Å². The molecule has 1 spiro atoms. The largest absolute Gasteiger partial charge is 0.369 e. The van der Waals surface area contributed by atoms with E-state index < -0.39 is 0 Å². The van der Waals surface area contributed by atoms with Gasteiger partial charge in [-0.05, 0) is 13.0 Å². The molecular formula is C12H18IN3. The summed E-state index contributed by atoms with van der Waals surface area (Å²) in [5, 5.41) is 3.47. The van der Waals surface area contributed by atoms with E-state index in [0.717, 1.165) is 0 Å². The molecule has 0 aromatic heterocycles. The van der Waals surface area contributed by atoms with Gasteiger partial charge in [0.05, 0.1) is 5.70 Å². The van der Waals surface area contributed by atoms with Crippen LogP contribution < -0.4 is 5.32 Å². The van der Waals surface area contributed by atoms with Gasteiger partial charge in [-0.2, -0.15) is 0 Å². The molecule has 1 N–H and O–H groups in total. The number of alkyl halides is 1. The quantitative estimate of drug-likeness (QED) is 0.449. The molecule has 0 saturated carbocycles. The first-order valence-electron chi connectivity index (χ1n) is 6.03. The number of dihydropyridines is 1. The Labute approximate surface area is 111 Å². The van der Waals surface area contributed by atoms with Crippen molar-refractivity contribution in [3.05, 3.63) is 11.8 Å². The minimum Gasteiger partial charge on any atom is -0.369 e. The van der Waals surface area contributed by atoms with Crippen LogP contribution in [-0.4, -0.2) is 41.3 Å². The lowest BCUT2D eigenvalue weighted by atomic mass is 9.78. The average Bonchev–Trinajstić information content (AvgIpc) is 2.69. The molecule has 2 unspecified atom stereocenters. The molecule has 0 bridgehead atoms. The van der Waals surface area contributed by atoms with Gasteiger partial charge >= 0.3 is 0 Å². The molecule has 2 atom stereocenters. The van der Waals surface area contributed by atoms with Crippen LogP contribution in [0.2, 0.25) is 0 Å². The Balaban J connectivity index is 1.64. The topological polar surface area (TPSA) is 27.6 Å². The van der Waals surface area contributed by atoms with E-state index in [1.54, 1.807) is 0 Å². The lowest BCUT2D eigenvalue weighted by Crippen LogP contribution is -2.57. The van der Waals surface area contributed by atoms with Crippen molar-refractivity contribution >= 4 is 28.8 Å². The maximum atomic E-state index is 4.55. The van der Waals surface area contributed by atoms with Crippen LogP contribution in [0, 0.1) is 11.3 Å². The van der Waals surface area contributed by atoms with Crippen molar-refractivity contribution in [2.75, 3.05) is 26.2 Å². The molecule has 2 fully saturated rings. The van der Waals surface area contributed by atoms with Crippen LogP contribution in [0.15, 0.2) is 16.8 Å². The molecule has 4 heteroatoms. The van der Waals surface area contributed by atoms with E-state index in [4.69, 9.17) is 0 Å². The van der Waals surface area contributed by atoms with E-state index in [1.807, 2.05) is 0 Å². The van der Waals surface area contributed by atoms with Crippen molar-refractivity contribution in [1.29, 1.82) is 0 Å². The van der Waals surface area contributed by atoms with E-state index in [2.05, 4.69) is 57.0 Å². The standard InChI is InChI=1S/C12H18IN3/c1-9-4-10(5-15-11(9)13)16-7-12(8-16)2-3-14-6-12/h4-5,9,11,14H,2-3,6-8H2,1H3. The Morgan fingerprint density at radius 3 is 3.00 bits per heavy atom. The Hall–Kier alpha value is -0.100. The molecule has 0 radical (unpaired) electrons. The van der Waals surface area contributed by atoms with Crippen LogP contribution >= 0.6 is 22.6 Å². The number of aliphatic imine (C=N–C) groups is 1. The van der Waals surface area contributed by atoms with E-state index in [0.29, 0.717) is 15.4 Å². The molecular weight excluding hydrogens is 313 g/mol. The predicted molar refractivity (Wildman–Crippen MR) is 75.0 cm³/mol. The number of rotatable bonds is 1. The minimum atomic E-state index is 0.421. The Kier molecular flexibility index (Phi) is 2.74. The summed E-state index contributed by atoms with van der Waals surface area (Å²) < 4.78 is 0.421. The van der Waals surface area contributed by atoms with Crippen molar-refractivity contribution < 1.29 is 0 Å². The van der Waals surface area contributed by atoms with Crippen LogP contribution in [0.5, 0.6) is 0 Å². The summed E-state index contributed by atoms with van der Waals surface area (Å²) in [5.41, 5.74) is 1.93. The van der Waals surface area contributed by atoms with Crippen LogP contribution in [0.25, 0.3) is 0 Å². The van der Waals surface area contributed by atoms with Gasteiger partial charge in [0.25, 0.3) is 0 Å². The molecule has 16 heavy (non-hydrogen) atoms. The average molecular weight is 331 g/mol. The Morgan fingerprint density at radius 2 is 2.38 bits per heavy atom. The molecule has 3 nitrogen and oxygen atoms in total. The maximum Gasteiger partial charge on any atom is 0.107 e. The summed E-state index contributed by atoms with van der Waals surface area (Å²) in [6, 6.07) is 0. The molecule has 0 amide bonds. The van der Waals surface area contributed by atoms with Gasteiger partial charge in [0.15, 0.2) is 0 Å². The summed E-state index contributed by atoms with van der Waals surface area (Å²) in [5.74, 6) is 0.568. The lowest BCUT2D eigenvalue weighted by molar-refractivity contribution is 0.0533. The monoisotopic (exact) mass is 331 g/mol. The third-order valence-corrected chi connectivity index (χ3v) is 5.42. The van der Waals surface area contributed by atoms with Crippen molar-refractivity contribution in [2.24, 2.45) is 16.3 Å². The second-order valence-electron chi connectivity index (χ2n) is 5.38. The second-order valence-corrected chi connectivity index (χ2v) is 6.66. The predicted octanol–water partition coefficient (Wildman–Crippen LogP) is 1.65. The Morgan fingerprint density at radius 1 is 1.56 bits per heavy atom. The number of nitrogens with zero attached hydrogens (tertiary/aromatic N) is 2. The molecule has 0 aromatic rings. The van der Waals surface area contributed by atoms with E-state index >= 15 is 0 Å². The zero-order valence-electron chi connectivity index (χ0n) is 9.62. The molecule has 88 valence electrons. The first kappa shape index (κ1) is 11.0. The van der Waals surface area contributed by atoms with Crippen molar-refractivity contribution in [1.82, 2.24) is 10.2 Å². The summed E-state index contributed by atoms with van der Waals surface area (Å²) in [4.78, 5) is 7.03. The minimum absolute atomic E-state index is 0.421. The van der Waals surface area contributed by atoms with Gasteiger partial charge in [0.1, 0.15) is 4.05 Å². The van der Waals surface area contributed by atoms with Gasteiger partial charge in [-0.25, -0.2) is 0 Å². The van der Waals surface area contributed by atoms with E-state index in [-0.39, 0.29) is 0 Å². The fourth-order valence-corrected chi connectivity index (χ4v) is 3.24. The Bertz CT molecular complexity index is 336. The third kappa shape index (κ3) is 1.79. The van der Waals surface area contributed by atoms with Gasteiger partial charge < -0.3 is 10.2 Å². The molecule has 3 rings (SSSR count). The highest BCUT2D eigenvalue weighted by molar-refractivity contribution is 14.1. The highest BCUT2D eigenvalue weighted by atomic mass is 127. The zero-order valence-corrected chi connectivity index (χ0v) is 11.8. The normalized spacial score (nSPS) is 36.4. The molecule has 2 saturated heterocycles. The first-order valence-corrected chi connectivity index (χ1v) is 7.28. The molecule has 3 heterocycles. The number of likely N-dealkylation sites (tertiary alicyclic amines) is 1. The lowest BCUT2D eigenvalue weighted by Gasteiger charge is -2.50. The molecule has 0 aliphatic carbocycles. The van der Waals surface area contributed by atoms with Gasteiger partial charge in [0, 0.05) is 37.2 Å². The van der Waals surface area contributed by atoms with Crippen LogP contribution in [-0.2, 0) is 0 Å². The van der Waals surface area contributed by atoms with E-state index in [9.17, 15) is 0 Å². The number of hydrogen-bond acceptors (Lipinski definition) is 3. The highest BCUT2D eigenvalue weighted by Gasteiger charge is 2.45. The highest BCUT2D eigenvalue weighted by Crippen LogP contribution is 2.38. The van der Waals surface area contributed by atoms with Crippen molar-refractivity contribution in [3.63, 3.8) is 0 Å². The van der Waals surface area contributed by atoms with Crippen LogP contribution in [0.4, 0.5) is 0 Å². The van der Waals surface area contributed by atoms with Crippen LogP contribution in [0.3, 0.4) is 0 Å². The molecule has 3 aliphatic rings. The smallest absolute Gasteiger partial charge is 0.107 e. The van der Waals surface area contributed by atoms with Gasteiger partial charge in [-0.15, -0.1) is 0 Å². The SMILES string of the molecule is CC1C=C(N2CC3(CCNC3)C2)C=NC1I. The van der Waals surface area contributed by atoms with Gasteiger partial charge in [-0.3, -0.25) is 4.99 Å². The maximum absolute atomic E-state index is 4.55. The third-order valence-electron chi connectivity index (χ3n) is 3.97.